The highest BCUT2D eigenvalue weighted by Gasteiger charge is 2.07. The van der Waals surface area contributed by atoms with Crippen LogP contribution in [-0.4, -0.2) is 14.6 Å². The molecule has 4 nitrogen and oxygen atoms in total. The Morgan fingerprint density at radius 1 is 0.600 bits per heavy atom. The first-order valence-corrected chi connectivity index (χ1v) is 13.4. The average Bonchev–Trinajstić information content (AvgIpc) is 2.89. The highest BCUT2D eigenvalue weighted by molar-refractivity contribution is 7.85. The quantitative estimate of drug-likeness (QED) is 0.267. The molecule has 0 aliphatic heterocycles. The van der Waals surface area contributed by atoms with Gasteiger partial charge in [-0.3, -0.25) is 4.99 Å². The molecule has 0 aromatic heterocycles. The van der Waals surface area contributed by atoms with E-state index < -0.39 is 21.6 Å². The summed E-state index contributed by atoms with van der Waals surface area (Å²) in [6.45, 7) is 4.02. The van der Waals surface area contributed by atoms with Gasteiger partial charge in [0.05, 0.1) is 27.3 Å². The molecule has 4 rings (SSSR count). The second kappa shape index (κ2) is 11.7. The van der Waals surface area contributed by atoms with E-state index in [1.807, 2.05) is 111 Å². The third-order valence-corrected chi connectivity index (χ3v) is 8.05. The summed E-state index contributed by atoms with van der Waals surface area (Å²) in [5.74, 6) is 0. The maximum absolute atomic E-state index is 12.7. The molecule has 4 aromatic rings. The van der Waals surface area contributed by atoms with Gasteiger partial charge in [0.1, 0.15) is 0 Å². The van der Waals surface area contributed by atoms with Crippen LogP contribution >= 0.6 is 0 Å². The summed E-state index contributed by atoms with van der Waals surface area (Å²) < 4.78 is 25.4. The molecule has 1 N–H and O–H groups in total. The number of anilines is 1. The van der Waals surface area contributed by atoms with Gasteiger partial charge in [-0.1, -0.05) is 35.4 Å². The molecular formula is C29H26N2O2S2. The SMILES string of the molecule is Cc1ccc([S@](=O)c2ccc(N=C/C=C/Nc3ccc([S@@](=O)c4ccc(C)cc4)cc3)cc2)cc1. The lowest BCUT2D eigenvalue weighted by molar-refractivity contribution is 0.682. The van der Waals surface area contributed by atoms with E-state index in [2.05, 4.69) is 10.3 Å². The highest BCUT2D eigenvalue weighted by atomic mass is 32.2. The molecule has 4 aromatic carbocycles. The molecule has 0 amide bonds. The average molecular weight is 499 g/mol. The number of hydrogen-bond donors (Lipinski definition) is 1. The molecule has 0 spiro atoms. The zero-order valence-electron chi connectivity index (χ0n) is 19.5. The summed E-state index contributed by atoms with van der Waals surface area (Å²) in [6, 6.07) is 30.4. The van der Waals surface area contributed by atoms with Gasteiger partial charge in [0.2, 0.25) is 0 Å². The van der Waals surface area contributed by atoms with E-state index in [4.69, 9.17) is 0 Å². The predicted octanol–water partition coefficient (Wildman–Crippen LogP) is 6.96. The standard InChI is InChI=1S/C29H26N2O2S2/c1-22-4-12-26(13-5-22)34(32)28-16-8-24(9-17-28)30-20-3-21-31-25-10-18-29(19-11-25)35(33)27-14-6-23(2)7-15-27/h3-21,30H,1-2H3/b20-3+,31-21?/t34-,35-/m0/s1. The van der Waals surface area contributed by atoms with Crippen molar-refractivity contribution in [1.82, 2.24) is 0 Å². The van der Waals surface area contributed by atoms with Crippen molar-refractivity contribution < 1.29 is 8.42 Å². The molecule has 176 valence electrons. The van der Waals surface area contributed by atoms with Crippen LogP contribution in [0.1, 0.15) is 11.1 Å². The van der Waals surface area contributed by atoms with Crippen LogP contribution in [0.25, 0.3) is 0 Å². The largest absolute Gasteiger partial charge is 0.362 e. The van der Waals surface area contributed by atoms with E-state index in [1.54, 1.807) is 18.5 Å². The van der Waals surface area contributed by atoms with Crippen LogP contribution < -0.4 is 5.32 Å². The number of rotatable bonds is 8. The van der Waals surface area contributed by atoms with Crippen molar-refractivity contribution in [1.29, 1.82) is 0 Å². The Kier molecular flexibility index (Phi) is 8.19. The summed E-state index contributed by atoms with van der Waals surface area (Å²) in [6.07, 6.45) is 5.28. The Morgan fingerprint density at radius 2 is 1.00 bits per heavy atom. The molecule has 35 heavy (non-hydrogen) atoms. The number of aryl methyl sites for hydroxylation is 2. The normalized spacial score (nSPS) is 13.2. The summed E-state index contributed by atoms with van der Waals surface area (Å²) in [4.78, 5) is 7.50. The fourth-order valence-electron chi connectivity index (χ4n) is 3.24. The van der Waals surface area contributed by atoms with Gasteiger partial charge >= 0.3 is 0 Å². The molecule has 2 atom stereocenters. The second-order valence-corrected chi connectivity index (χ2v) is 10.9. The van der Waals surface area contributed by atoms with E-state index >= 15 is 0 Å². The fraction of sp³-hybridized carbons (Fsp3) is 0.0690. The van der Waals surface area contributed by atoms with E-state index in [0.717, 1.165) is 42.1 Å². The molecule has 0 unspecified atom stereocenters. The molecule has 0 heterocycles. The van der Waals surface area contributed by atoms with Crippen LogP contribution in [0.2, 0.25) is 0 Å². The lowest BCUT2D eigenvalue weighted by Crippen LogP contribution is -1.94. The molecule has 0 saturated carbocycles. The molecule has 0 bridgehead atoms. The summed E-state index contributed by atoms with van der Waals surface area (Å²) in [5, 5.41) is 3.18. The van der Waals surface area contributed by atoms with Crippen LogP contribution in [0.4, 0.5) is 11.4 Å². The Hall–Kier alpha value is -3.61. The second-order valence-electron chi connectivity index (χ2n) is 7.96. The Labute approximate surface area is 211 Å². The van der Waals surface area contributed by atoms with E-state index in [-0.39, 0.29) is 0 Å². The maximum atomic E-state index is 12.7. The van der Waals surface area contributed by atoms with Crippen molar-refractivity contribution in [3.8, 4) is 0 Å². The molecule has 0 saturated heterocycles. The van der Waals surface area contributed by atoms with E-state index in [1.165, 1.54) is 0 Å². The van der Waals surface area contributed by atoms with Crippen molar-refractivity contribution >= 4 is 39.2 Å². The number of nitrogens with one attached hydrogen (secondary N) is 1. The van der Waals surface area contributed by atoms with Gasteiger partial charge in [-0.25, -0.2) is 8.42 Å². The molecule has 0 radical (unpaired) electrons. The van der Waals surface area contributed by atoms with Crippen LogP contribution in [0, 0.1) is 13.8 Å². The van der Waals surface area contributed by atoms with Gasteiger partial charge in [0, 0.05) is 37.7 Å². The molecule has 0 aliphatic carbocycles. The van der Waals surface area contributed by atoms with Gasteiger partial charge in [-0.05, 0) is 92.7 Å². The Balaban J connectivity index is 1.30. The number of benzene rings is 4. The lowest BCUT2D eigenvalue weighted by atomic mass is 10.2. The number of aliphatic imine (C=N–C) groups is 1. The zero-order chi connectivity index (χ0) is 24.6. The Morgan fingerprint density at radius 3 is 1.46 bits per heavy atom. The van der Waals surface area contributed by atoms with Crippen molar-refractivity contribution in [3.63, 3.8) is 0 Å². The first-order chi connectivity index (χ1) is 17.0. The third kappa shape index (κ3) is 6.72. The molecule has 0 fully saturated rings. The third-order valence-electron chi connectivity index (χ3n) is 5.25. The van der Waals surface area contributed by atoms with Crippen LogP contribution in [0.5, 0.6) is 0 Å². The minimum atomic E-state index is -1.21. The topological polar surface area (TPSA) is 58.5 Å². The fourth-order valence-corrected chi connectivity index (χ4v) is 5.32. The number of allylic oxidation sites excluding steroid dienone is 1. The smallest absolute Gasteiger partial charge is 0.0849 e. The summed E-state index contributed by atoms with van der Waals surface area (Å²) in [7, 11) is -2.40. The van der Waals surface area contributed by atoms with Crippen LogP contribution in [-0.2, 0) is 21.6 Å². The Bertz CT molecular complexity index is 1380. The number of nitrogens with zero attached hydrogens (tertiary/aromatic N) is 1. The van der Waals surface area contributed by atoms with Gasteiger partial charge in [0.15, 0.2) is 0 Å². The summed E-state index contributed by atoms with van der Waals surface area (Å²) >= 11 is 0. The van der Waals surface area contributed by atoms with E-state index in [0.29, 0.717) is 0 Å². The van der Waals surface area contributed by atoms with Crippen LogP contribution in [0.15, 0.2) is 134 Å². The van der Waals surface area contributed by atoms with Crippen molar-refractivity contribution in [2.24, 2.45) is 4.99 Å². The van der Waals surface area contributed by atoms with Gasteiger partial charge in [-0.2, -0.15) is 0 Å². The van der Waals surface area contributed by atoms with Crippen molar-refractivity contribution in [3.05, 3.63) is 120 Å². The van der Waals surface area contributed by atoms with E-state index in [9.17, 15) is 8.42 Å². The summed E-state index contributed by atoms with van der Waals surface area (Å²) in [5.41, 5.74) is 3.96. The van der Waals surface area contributed by atoms with Gasteiger partial charge in [0.25, 0.3) is 0 Å². The van der Waals surface area contributed by atoms with Crippen molar-refractivity contribution in [2.45, 2.75) is 33.4 Å². The predicted molar refractivity (Wildman–Crippen MR) is 146 cm³/mol. The molecular weight excluding hydrogens is 472 g/mol. The highest BCUT2D eigenvalue weighted by Crippen LogP contribution is 2.21. The van der Waals surface area contributed by atoms with Gasteiger partial charge < -0.3 is 5.32 Å². The zero-order valence-corrected chi connectivity index (χ0v) is 21.2. The lowest BCUT2D eigenvalue weighted by Gasteiger charge is -2.05. The molecule has 0 aliphatic rings. The minimum absolute atomic E-state index is 0.747. The van der Waals surface area contributed by atoms with Crippen molar-refractivity contribution in [2.75, 3.05) is 5.32 Å². The minimum Gasteiger partial charge on any atom is -0.362 e. The molecule has 6 heteroatoms. The number of hydrogen-bond acceptors (Lipinski definition) is 4. The van der Waals surface area contributed by atoms with Gasteiger partial charge in [-0.15, -0.1) is 0 Å². The first kappa shape index (κ1) is 24.5. The monoisotopic (exact) mass is 498 g/mol. The van der Waals surface area contributed by atoms with Crippen LogP contribution in [0.3, 0.4) is 0 Å². The maximum Gasteiger partial charge on any atom is 0.0849 e. The first-order valence-electron chi connectivity index (χ1n) is 11.1.